The van der Waals surface area contributed by atoms with Gasteiger partial charge in [-0.2, -0.15) is 5.10 Å². The normalized spacial score (nSPS) is 21.7. The fourth-order valence-corrected chi connectivity index (χ4v) is 5.40. The van der Waals surface area contributed by atoms with Crippen molar-refractivity contribution in [2.45, 2.75) is 45.1 Å². The molecular formula is C19H23N3O3S. The molecule has 1 saturated carbocycles. The fourth-order valence-electron chi connectivity index (χ4n) is 3.71. The second-order valence-corrected chi connectivity index (χ2v) is 9.79. The maximum absolute atomic E-state index is 12.7. The van der Waals surface area contributed by atoms with Crippen LogP contribution in [0.15, 0.2) is 24.3 Å². The lowest BCUT2D eigenvalue weighted by Crippen LogP contribution is -2.17. The number of hydrogen-bond acceptors (Lipinski definition) is 4. The van der Waals surface area contributed by atoms with E-state index in [2.05, 4.69) is 16.5 Å². The molecule has 1 atom stereocenters. The Labute approximate surface area is 153 Å². The van der Waals surface area contributed by atoms with Crippen molar-refractivity contribution in [3.63, 3.8) is 0 Å². The molecule has 6 nitrogen and oxygen atoms in total. The lowest BCUT2D eigenvalue weighted by molar-refractivity contribution is 0.102. The quantitative estimate of drug-likeness (QED) is 0.893. The Morgan fingerprint density at radius 2 is 1.81 bits per heavy atom. The molecular weight excluding hydrogens is 350 g/mol. The molecule has 1 saturated heterocycles. The first-order chi connectivity index (χ1) is 12.3. The second kappa shape index (κ2) is 6.23. The number of anilines is 1. The number of sulfone groups is 1. The van der Waals surface area contributed by atoms with E-state index in [-0.39, 0.29) is 23.5 Å². The van der Waals surface area contributed by atoms with E-state index in [9.17, 15) is 13.2 Å². The van der Waals surface area contributed by atoms with E-state index in [0.717, 1.165) is 35.3 Å². The van der Waals surface area contributed by atoms with Gasteiger partial charge in [0.1, 0.15) is 0 Å². The van der Waals surface area contributed by atoms with Crippen LogP contribution in [0.3, 0.4) is 0 Å². The van der Waals surface area contributed by atoms with Gasteiger partial charge in [-0.3, -0.25) is 9.48 Å². The number of rotatable bonds is 4. The molecule has 2 heterocycles. The minimum Gasteiger partial charge on any atom is -0.321 e. The molecule has 2 aliphatic rings. The van der Waals surface area contributed by atoms with E-state index in [1.807, 2.05) is 32.0 Å². The van der Waals surface area contributed by atoms with Crippen LogP contribution in [0.25, 0.3) is 0 Å². The summed E-state index contributed by atoms with van der Waals surface area (Å²) in [5.41, 5.74) is 4.27. The van der Waals surface area contributed by atoms with Gasteiger partial charge in [-0.15, -0.1) is 0 Å². The molecule has 138 valence electrons. The predicted octanol–water partition coefficient (Wildman–Crippen LogP) is 2.99. The first kappa shape index (κ1) is 17.3. The zero-order chi connectivity index (χ0) is 18.5. The molecule has 0 bridgehead atoms. The van der Waals surface area contributed by atoms with Crippen LogP contribution in [0.4, 0.5) is 5.69 Å². The van der Waals surface area contributed by atoms with Crippen LogP contribution in [0.1, 0.15) is 58.5 Å². The molecule has 1 aromatic carbocycles. The van der Waals surface area contributed by atoms with E-state index >= 15 is 0 Å². The highest BCUT2D eigenvalue weighted by atomic mass is 32.2. The van der Waals surface area contributed by atoms with Crippen LogP contribution in [-0.2, 0) is 9.84 Å². The van der Waals surface area contributed by atoms with Crippen molar-refractivity contribution in [3.05, 3.63) is 46.8 Å². The third kappa shape index (κ3) is 3.53. The van der Waals surface area contributed by atoms with Crippen LogP contribution in [0.2, 0.25) is 0 Å². The van der Waals surface area contributed by atoms with Gasteiger partial charge in [-0.05, 0) is 62.4 Å². The molecule has 0 radical (unpaired) electrons. The predicted molar refractivity (Wildman–Crippen MR) is 100 cm³/mol. The van der Waals surface area contributed by atoms with Gasteiger partial charge in [0, 0.05) is 17.3 Å². The molecule has 1 aliphatic heterocycles. The zero-order valence-electron chi connectivity index (χ0n) is 15.0. The highest BCUT2D eigenvalue weighted by Gasteiger charge is 2.36. The maximum atomic E-state index is 12.7. The topological polar surface area (TPSA) is 81.1 Å². The minimum atomic E-state index is -3.00. The lowest BCUT2D eigenvalue weighted by atomic mass is 10.1. The van der Waals surface area contributed by atoms with Crippen molar-refractivity contribution in [2.75, 3.05) is 16.8 Å². The van der Waals surface area contributed by atoms with Gasteiger partial charge >= 0.3 is 0 Å². The minimum absolute atomic E-state index is 0.118. The van der Waals surface area contributed by atoms with Gasteiger partial charge in [0.05, 0.1) is 17.5 Å². The van der Waals surface area contributed by atoms with Gasteiger partial charge in [-0.25, -0.2) is 8.42 Å². The van der Waals surface area contributed by atoms with E-state index < -0.39 is 9.84 Å². The molecule has 4 rings (SSSR count). The molecule has 7 heteroatoms. The molecule has 2 fully saturated rings. The van der Waals surface area contributed by atoms with E-state index in [1.54, 1.807) is 4.68 Å². The average Bonchev–Trinajstić information content (AvgIpc) is 3.18. The van der Waals surface area contributed by atoms with Gasteiger partial charge < -0.3 is 5.32 Å². The van der Waals surface area contributed by atoms with Crippen molar-refractivity contribution in [1.82, 2.24) is 9.78 Å². The molecule has 1 amide bonds. The Morgan fingerprint density at radius 1 is 1.12 bits per heavy atom. The van der Waals surface area contributed by atoms with Crippen LogP contribution < -0.4 is 5.32 Å². The number of carbonyl (C=O) groups excluding carboxylic acids is 1. The Hall–Kier alpha value is -2.15. The van der Waals surface area contributed by atoms with Gasteiger partial charge in [0.25, 0.3) is 5.91 Å². The summed E-state index contributed by atoms with van der Waals surface area (Å²) in [7, 11) is -3.00. The zero-order valence-corrected chi connectivity index (χ0v) is 15.8. The lowest BCUT2D eigenvalue weighted by Gasteiger charge is -2.12. The summed E-state index contributed by atoms with van der Waals surface area (Å²) in [6, 6.07) is 7.58. The summed E-state index contributed by atoms with van der Waals surface area (Å²) < 4.78 is 25.5. The Bertz CT molecular complexity index is 954. The smallest absolute Gasteiger partial charge is 0.276 e. The van der Waals surface area contributed by atoms with Crippen LogP contribution in [0.5, 0.6) is 0 Å². The highest BCUT2D eigenvalue weighted by Crippen LogP contribution is 2.42. The fraction of sp³-hybridized carbons (Fsp3) is 0.474. The number of aryl methyl sites for hydroxylation is 2. The van der Waals surface area contributed by atoms with Crippen molar-refractivity contribution in [3.8, 4) is 0 Å². The number of carbonyl (C=O) groups is 1. The van der Waals surface area contributed by atoms with Crippen LogP contribution in [-0.4, -0.2) is 35.6 Å². The summed E-state index contributed by atoms with van der Waals surface area (Å²) in [5, 5.41) is 7.41. The standard InChI is InChI=1S/C19H23N3O3S/c1-12-7-13(2)9-15(8-12)20-19(23)17-10-18(14-3-4-14)22(21-17)16-5-6-26(24,25)11-16/h7-10,14,16H,3-6,11H2,1-2H3,(H,20,23). The molecule has 26 heavy (non-hydrogen) atoms. The summed E-state index contributed by atoms with van der Waals surface area (Å²) in [6.07, 6.45) is 2.72. The van der Waals surface area contributed by atoms with Crippen LogP contribution >= 0.6 is 0 Å². The molecule has 1 aliphatic carbocycles. The van der Waals surface area contributed by atoms with Crippen molar-refractivity contribution >= 4 is 21.4 Å². The summed E-state index contributed by atoms with van der Waals surface area (Å²) >= 11 is 0. The van der Waals surface area contributed by atoms with Crippen molar-refractivity contribution in [1.29, 1.82) is 0 Å². The van der Waals surface area contributed by atoms with E-state index in [0.29, 0.717) is 18.0 Å². The molecule has 0 spiro atoms. The number of nitrogens with one attached hydrogen (secondary N) is 1. The largest absolute Gasteiger partial charge is 0.321 e. The maximum Gasteiger partial charge on any atom is 0.276 e. The van der Waals surface area contributed by atoms with Crippen LogP contribution in [0, 0.1) is 13.8 Å². The number of aromatic nitrogens is 2. The SMILES string of the molecule is Cc1cc(C)cc(NC(=O)c2cc(C3CC3)n(C3CCS(=O)(=O)C3)n2)c1. The third-order valence-corrected chi connectivity index (χ3v) is 6.78. The first-order valence-corrected chi connectivity index (χ1v) is 10.8. The number of nitrogens with zero attached hydrogens (tertiary/aromatic N) is 2. The number of hydrogen-bond donors (Lipinski definition) is 1. The number of amides is 1. The van der Waals surface area contributed by atoms with E-state index in [1.165, 1.54) is 0 Å². The average molecular weight is 373 g/mol. The first-order valence-electron chi connectivity index (χ1n) is 9.00. The van der Waals surface area contributed by atoms with Gasteiger partial charge in [-0.1, -0.05) is 6.07 Å². The summed E-state index contributed by atoms with van der Waals surface area (Å²) in [6.45, 7) is 3.98. The van der Waals surface area contributed by atoms with Crippen molar-refractivity contribution < 1.29 is 13.2 Å². The third-order valence-electron chi connectivity index (χ3n) is 5.03. The van der Waals surface area contributed by atoms with Gasteiger partial charge in [0.2, 0.25) is 0 Å². The monoisotopic (exact) mass is 373 g/mol. The highest BCUT2D eigenvalue weighted by molar-refractivity contribution is 7.91. The summed E-state index contributed by atoms with van der Waals surface area (Å²) in [5.74, 6) is 0.461. The van der Waals surface area contributed by atoms with Gasteiger partial charge in [0.15, 0.2) is 15.5 Å². The molecule has 2 aromatic rings. The molecule has 1 N–H and O–H groups in total. The molecule has 1 aromatic heterocycles. The Kier molecular flexibility index (Phi) is 4.14. The Morgan fingerprint density at radius 3 is 2.38 bits per heavy atom. The molecule has 1 unspecified atom stereocenters. The number of benzene rings is 1. The Balaban J connectivity index is 1.60. The summed E-state index contributed by atoms with van der Waals surface area (Å²) in [4.78, 5) is 12.7. The van der Waals surface area contributed by atoms with Crippen molar-refractivity contribution in [2.24, 2.45) is 0 Å². The van der Waals surface area contributed by atoms with E-state index in [4.69, 9.17) is 0 Å². The second-order valence-electron chi connectivity index (χ2n) is 7.56.